The average Bonchev–Trinajstić information content (AvgIpc) is 3.18. The number of piperazine rings is 1. The largest absolute Gasteiger partial charge is 0.338 e. The molecule has 9 heteroatoms. The van der Waals surface area contributed by atoms with Crippen molar-refractivity contribution in [3.05, 3.63) is 71.9 Å². The van der Waals surface area contributed by atoms with Crippen molar-refractivity contribution >= 4 is 10.0 Å². The Morgan fingerprint density at radius 2 is 1.66 bits per heavy atom. The summed E-state index contributed by atoms with van der Waals surface area (Å²) in [7, 11) is -3.34. The zero-order valence-electron chi connectivity index (χ0n) is 15.7. The van der Waals surface area contributed by atoms with Crippen molar-refractivity contribution in [3.63, 3.8) is 0 Å². The topological polar surface area (TPSA) is 79.5 Å². The summed E-state index contributed by atoms with van der Waals surface area (Å²) < 4.78 is 45.2. The number of aromatic nitrogens is 2. The molecular weight excluding hydrogens is 395 g/mol. The van der Waals surface area contributed by atoms with E-state index in [1.54, 1.807) is 12.1 Å². The third-order valence-electron chi connectivity index (χ3n) is 4.85. The fourth-order valence-electron chi connectivity index (χ4n) is 3.27. The van der Waals surface area contributed by atoms with Gasteiger partial charge in [0.15, 0.2) is 0 Å². The Kier molecular flexibility index (Phi) is 5.70. The monoisotopic (exact) mass is 416 g/mol. The molecule has 7 nitrogen and oxygen atoms in total. The van der Waals surface area contributed by atoms with Gasteiger partial charge in [0.05, 0.1) is 12.3 Å². The van der Waals surface area contributed by atoms with Crippen molar-refractivity contribution in [1.82, 2.24) is 19.3 Å². The third-order valence-corrected chi connectivity index (χ3v) is 6.70. The highest BCUT2D eigenvalue weighted by Crippen LogP contribution is 2.18. The molecule has 1 fully saturated rings. The first kappa shape index (κ1) is 19.7. The molecule has 0 atom stereocenters. The van der Waals surface area contributed by atoms with Crippen LogP contribution in [0.2, 0.25) is 0 Å². The van der Waals surface area contributed by atoms with Gasteiger partial charge in [0, 0.05) is 31.7 Å². The van der Waals surface area contributed by atoms with E-state index in [1.807, 2.05) is 30.3 Å². The molecule has 3 aromatic rings. The van der Waals surface area contributed by atoms with Gasteiger partial charge in [0.25, 0.3) is 0 Å². The minimum Gasteiger partial charge on any atom is -0.338 e. The van der Waals surface area contributed by atoms with Gasteiger partial charge in [0.1, 0.15) is 5.82 Å². The maximum absolute atomic E-state index is 13.0. The SMILES string of the molecule is O=S(=O)(Cc1ccccc1)N1CCN(Cc2nc(-c3ccc(F)cc3)no2)CC1. The molecule has 0 amide bonds. The maximum Gasteiger partial charge on any atom is 0.241 e. The predicted molar refractivity (Wildman–Crippen MR) is 106 cm³/mol. The first-order chi connectivity index (χ1) is 14.0. The molecule has 0 radical (unpaired) electrons. The van der Waals surface area contributed by atoms with Crippen LogP contribution in [0.4, 0.5) is 4.39 Å². The summed E-state index contributed by atoms with van der Waals surface area (Å²) >= 11 is 0. The van der Waals surface area contributed by atoms with E-state index < -0.39 is 10.0 Å². The van der Waals surface area contributed by atoms with Crippen LogP contribution in [0.3, 0.4) is 0 Å². The van der Waals surface area contributed by atoms with Crippen LogP contribution in [-0.2, 0) is 22.3 Å². The maximum atomic E-state index is 13.0. The van der Waals surface area contributed by atoms with Gasteiger partial charge in [-0.25, -0.2) is 12.8 Å². The number of benzene rings is 2. The van der Waals surface area contributed by atoms with E-state index in [9.17, 15) is 12.8 Å². The molecule has 0 saturated carbocycles. The summed E-state index contributed by atoms with van der Waals surface area (Å²) in [6.45, 7) is 2.47. The average molecular weight is 416 g/mol. The predicted octanol–water partition coefficient (Wildman–Crippen LogP) is 2.52. The first-order valence-electron chi connectivity index (χ1n) is 9.32. The lowest BCUT2D eigenvalue weighted by Gasteiger charge is -2.33. The van der Waals surface area contributed by atoms with Crippen molar-refractivity contribution in [1.29, 1.82) is 0 Å². The summed E-state index contributed by atoms with van der Waals surface area (Å²) in [4.78, 5) is 6.43. The summed E-state index contributed by atoms with van der Waals surface area (Å²) in [6, 6.07) is 15.1. The number of halogens is 1. The fraction of sp³-hybridized carbons (Fsp3) is 0.300. The third kappa shape index (κ3) is 4.87. The van der Waals surface area contributed by atoms with Gasteiger partial charge in [-0.2, -0.15) is 9.29 Å². The van der Waals surface area contributed by atoms with Gasteiger partial charge in [0.2, 0.25) is 21.7 Å². The number of nitrogens with zero attached hydrogens (tertiary/aromatic N) is 4. The van der Waals surface area contributed by atoms with Crippen LogP contribution in [0.25, 0.3) is 11.4 Å². The Bertz CT molecular complexity index is 1050. The second-order valence-corrected chi connectivity index (χ2v) is 8.90. The minimum atomic E-state index is -3.34. The molecule has 0 bridgehead atoms. The second-order valence-electron chi connectivity index (χ2n) is 6.94. The summed E-state index contributed by atoms with van der Waals surface area (Å²) in [6.07, 6.45) is 0. The van der Waals surface area contributed by atoms with E-state index in [1.165, 1.54) is 16.4 Å². The normalized spacial score (nSPS) is 16.2. The molecule has 4 rings (SSSR count). The van der Waals surface area contributed by atoms with Crippen LogP contribution in [0.1, 0.15) is 11.5 Å². The van der Waals surface area contributed by atoms with Gasteiger partial charge < -0.3 is 4.52 Å². The summed E-state index contributed by atoms with van der Waals surface area (Å²) in [5.74, 6) is 0.546. The van der Waals surface area contributed by atoms with Crippen molar-refractivity contribution in [2.45, 2.75) is 12.3 Å². The smallest absolute Gasteiger partial charge is 0.241 e. The minimum absolute atomic E-state index is 0.0124. The molecule has 1 aliphatic heterocycles. The van der Waals surface area contributed by atoms with Crippen LogP contribution in [0.5, 0.6) is 0 Å². The second kappa shape index (κ2) is 8.40. The Morgan fingerprint density at radius 3 is 2.34 bits per heavy atom. The summed E-state index contributed by atoms with van der Waals surface area (Å²) in [5.41, 5.74) is 1.47. The van der Waals surface area contributed by atoms with Crippen LogP contribution in [0.15, 0.2) is 59.1 Å². The number of hydrogen-bond donors (Lipinski definition) is 0. The zero-order valence-corrected chi connectivity index (χ0v) is 16.6. The van der Waals surface area contributed by atoms with E-state index in [0.717, 1.165) is 5.56 Å². The Labute approximate surface area is 168 Å². The van der Waals surface area contributed by atoms with Gasteiger partial charge in [-0.15, -0.1) is 0 Å². The Balaban J connectivity index is 1.33. The molecule has 0 unspecified atom stereocenters. The standard InChI is InChI=1S/C20H21FN4O3S/c21-18-8-6-17(7-9-18)20-22-19(28-23-20)14-24-10-12-25(13-11-24)29(26,27)15-16-4-2-1-3-5-16/h1-9H,10-15H2. The van der Waals surface area contributed by atoms with Crippen LogP contribution < -0.4 is 0 Å². The van der Waals surface area contributed by atoms with Crippen LogP contribution >= 0.6 is 0 Å². The van der Waals surface area contributed by atoms with E-state index in [-0.39, 0.29) is 11.6 Å². The molecule has 152 valence electrons. The van der Waals surface area contributed by atoms with Crippen molar-refractivity contribution < 1.29 is 17.3 Å². The van der Waals surface area contributed by atoms with E-state index in [0.29, 0.717) is 50.0 Å². The van der Waals surface area contributed by atoms with Crippen LogP contribution in [0, 0.1) is 5.82 Å². The number of rotatable bonds is 6. The van der Waals surface area contributed by atoms with E-state index >= 15 is 0 Å². The van der Waals surface area contributed by atoms with Gasteiger partial charge >= 0.3 is 0 Å². The van der Waals surface area contributed by atoms with Gasteiger partial charge in [-0.05, 0) is 29.8 Å². The van der Waals surface area contributed by atoms with Crippen molar-refractivity contribution in [2.24, 2.45) is 0 Å². The number of sulfonamides is 1. The molecule has 0 aliphatic carbocycles. The number of hydrogen-bond acceptors (Lipinski definition) is 6. The lowest BCUT2D eigenvalue weighted by atomic mass is 10.2. The lowest BCUT2D eigenvalue weighted by Crippen LogP contribution is -2.48. The zero-order chi connectivity index (χ0) is 20.3. The lowest BCUT2D eigenvalue weighted by molar-refractivity contribution is 0.163. The molecule has 29 heavy (non-hydrogen) atoms. The molecule has 1 aromatic heterocycles. The van der Waals surface area contributed by atoms with Crippen LogP contribution in [-0.4, -0.2) is 53.9 Å². The van der Waals surface area contributed by atoms with Crippen molar-refractivity contribution in [2.75, 3.05) is 26.2 Å². The quantitative estimate of drug-likeness (QED) is 0.614. The molecule has 2 heterocycles. The molecule has 1 saturated heterocycles. The van der Waals surface area contributed by atoms with E-state index in [2.05, 4.69) is 15.0 Å². The first-order valence-corrected chi connectivity index (χ1v) is 10.9. The highest BCUT2D eigenvalue weighted by Gasteiger charge is 2.27. The summed E-state index contributed by atoms with van der Waals surface area (Å²) in [5, 5.41) is 3.94. The molecule has 1 aliphatic rings. The molecule has 0 spiro atoms. The van der Waals surface area contributed by atoms with Gasteiger partial charge in [-0.3, -0.25) is 4.90 Å². The Morgan fingerprint density at radius 1 is 0.966 bits per heavy atom. The van der Waals surface area contributed by atoms with E-state index in [4.69, 9.17) is 4.52 Å². The highest BCUT2D eigenvalue weighted by molar-refractivity contribution is 7.88. The fourth-order valence-corrected chi connectivity index (χ4v) is 4.78. The van der Waals surface area contributed by atoms with Gasteiger partial charge in [-0.1, -0.05) is 35.5 Å². The molecule has 0 N–H and O–H groups in total. The highest BCUT2D eigenvalue weighted by atomic mass is 32.2. The Hall–Kier alpha value is -2.62. The van der Waals surface area contributed by atoms with Crippen molar-refractivity contribution in [3.8, 4) is 11.4 Å². The molecular formula is C20H21FN4O3S. The molecule has 2 aromatic carbocycles.